The molecule has 0 amide bonds. The van der Waals surface area contributed by atoms with Gasteiger partial charge in [0, 0.05) is 0 Å². The normalized spacial score (nSPS) is 10.3. The second kappa shape index (κ2) is 8.08. The van der Waals surface area contributed by atoms with Gasteiger partial charge in [0.05, 0.1) is 13.2 Å². The van der Waals surface area contributed by atoms with E-state index in [1.54, 1.807) is 6.08 Å². The second-order valence-corrected chi connectivity index (χ2v) is 3.72. The zero-order valence-electron chi connectivity index (χ0n) is 10.0. The highest BCUT2D eigenvalue weighted by molar-refractivity contribution is 5.22. The summed E-state index contributed by atoms with van der Waals surface area (Å²) < 4.78 is 5.38. The smallest absolute Gasteiger partial charge is 0.0721 e. The highest BCUT2D eigenvalue weighted by atomic mass is 16.5. The Kier molecular flexibility index (Phi) is 6.54. The topological polar surface area (TPSA) is 21.3 Å². The number of likely N-dealkylation sites (N-methyl/N-ethyl adjacent to an activating group) is 1. The summed E-state index contributed by atoms with van der Waals surface area (Å²) in [7, 11) is 0. The van der Waals surface area contributed by atoms with Crippen molar-refractivity contribution in [1.29, 1.82) is 0 Å². The van der Waals surface area contributed by atoms with Crippen molar-refractivity contribution in [3.63, 3.8) is 0 Å². The predicted octanol–water partition coefficient (Wildman–Crippen LogP) is 2.54. The van der Waals surface area contributed by atoms with Crippen LogP contribution in [0.3, 0.4) is 0 Å². The highest BCUT2D eigenvalue weighted by Gasteiger charge is 1.95. The first-order valence-electron chi connectivity index (χ1n) is 5.84. The van der Waals surface area contributed by atoms with Gasteiger partial charge in [-0.1, -0.05) is 37.3 Å². The van der Waals surface area contributed by atoms with Crippen LogP contribution < -0.4 is 5.32 Å². The molecule has 0 radical (unpaired) electrons. The molecule has 0 bridgehead atoms. The Morgan fingerprint density at radius 3 is 2.56 bits per heavy atom. The minimum Gasteiger partial charge on any atom is -0.373 e. The molecule has 2 nitrogen and oxygen atoms in total. The van der Waals surface area contributed by atoms with Crippen LogP contribution in [0, 0.1) is 0 Å². The lowest BCUT2D eigenvalue weighted by atomic mass is 10.1. The maximum absolute atomic E-state index is 5.38. The maximum Gasteiger partial charge on any atom is 0.0721 e. The molecule has 0 heterocycles. The van der Waals surface area contributed by atoms with E-state index >= 15 is 0 Å². The number of hydrogen-bond acceptors (Lipinski definition) is 2. The van der Waals surface area contributed by atoms with E-state index in [-0.39, 0.29) is 0 Å². The van der Waals surface area contributed by atoms with E-state index < -0.39 is 0 Å². The molecule has 2 heteroatoms. The lowest BCUT2D eigenvalue weighted by molar-refractivity contribution is 0.149. The maximum atomic E-state index is 5.38. The minimum atomic E-state index is 0.613. The van der Waals surface area contributed by atoms with E-state index in [2.05, 4.69) is 43.1 Å². The SMILES string of the molecule is C=CCOCc1ccc(CCNCC)cc1. The molecule has 0 spiro atoms. The largest absolute Gasteiger partial charge is 0.373 e. The van der Waals surface area contributed by atoms with E-state index in [1.165, 1.54) is 11.1 Å². The van der Waals surface area contributed by atoms with Crippen LogP contribution in [0.1, 0.15) is 18.1 Å². The van der Waals surface area contributed by atoms with Gasteiger partial charge in [0.15, 0.2) is 0 Å². The van der Waals surface area contributed by atoms with Crippen molar-refractivity contribution in [1.82, 2.24) is 5.32 Å². The van der Waals surface area contributed by atoms with Crippen LogP contribution in [0.4, 0.5) is 0 Å². The van der Waals surface area contributed by atoms with Crippen LogP contribution in [0.15, 0.2) is 36.9 Å². The van der Waals surface area contributed by atoms with Crippen LogP contribution in [0.2, 0.25) is 0 Å². The van der Waals surface area contributed by atoms with E-state index in [4.69, 9.17) is 4.74 Å². The first-order chi connectivity index (χ1) is 7.86. The van der Waals surface area contributed by atoms with Crippen molar-refractivity contribution < 1.29 is 4.74 Å². The molecule has 0 saturated carbocycles. The van der Waals surface area contributed by atoms with E-state index in [0.717, 1.165) is 19.5 Å². The van der Waals surface area contributed by atoms with Gasteiger partial charge in [-0.15, -0.1) is 6.58 Å². The molecule has 88 valence electrons. The molecule has 16 heavy (non-hydrogen) atoms. The molecule has 0 saturated heterocycles. The molecule has 1 aromatic rings. The Labute approximate surface area is 98.3 Å². The van der Waals surface area contributed by atoms with Crippen LogP contribution >= 0.6 is 0 Å². The van der Waals surface area contributed by atoms with Crippen molar-refractivity contribution in [2.75, 3.05) is 19.7 Å². The van der Waals surface area contributed by atoms with Gasteiger partial charge in [-0.3, -0.25) is 0 Å². The predicted molar refractivity (Wildman–Crippen MR) is 68.5 cm³/mol. The summed E-state index contributed by atoms with van der Waals surface area (Å²) in [6.45, 7) is 9.10. The number of rotatable bonds is 8. The molecule has 1 N–H and O–H groups in total. The van der Waals surface area contributed by atoms with E-state index in [1.807, 2.05) is 0 Å². The van der Waals surface area contributed by atoms with Gasteiger partial charge in [0.2, 0.25) is 0 Å². The Hall–Kier alpha value is -1.12. The fraction of sp³-hybridized carbons (Fsp3) is 0.429. The molecule has 0 aliphatic heterocycles. The molecule has 0 aliphatic carbocycles. The summed E-state index contributed by atoms with van der Waals surface area (Å²) in [6.07, 6.45) is 2.85. The summed E-state index contributed by atoms with van der Waals surface area (Å²) in [5.41, 5.74) is 2.59. The van der Waals surface area contributed by atoms with Gasteiger partial charge in [0.25, 0.3) is 0 Å². The Bertz CT molecular complexity index is 292. The first-order valence-corrected chi connectivity index (χ1v) is 5.84. The third kappa shape index (κ3) is 5.10. The summed E-state index contributed by atoms with van der Waals surface area (Å²) in [6, 6.07) is 8.60. The quantitative estimate of drug-likeness (QED) is 0.536. The van der Waals surface area contributed by atoms with Gasteiger partial charge in [-0.2, -0.15) is 0 Å². The number of ether oxygens (including phenoxy) is 1. The minimum absolute atomic E-state index is 0.613. The Morgan fingerprint density at radius 1 is 1.25 bits per heavy atom. The summed E-state index contributed by atoms with van der Waals surface area (Å²) in [4.78, 5) is 0. The van der Waals surface area contributed by atoms with Crippen molar-refractivity contribution in [3.8, 4) is 0 Å². The molecule has 0 atom stereocenters. The first kappa shape index (κ1) is 12.9. The standard InChI is InChI=1S/C14H21NO/c1-3-11-16-12-14-7-5-13(6-8-14)9-10-15-4-2/h3,5-8,15H,1,4,9-12H2,2H3. The van der Waals surface area contributed by atoms with Gasteiger partial charge < -0.3 is 10.1 Å². The molecule has 0 aromatic heterocycles. The fourth-order valence-corrected chi connectivity index (χ4v) is 1.47. The van der Waals surface area contributed by atoms with Crippen molar-refractivity contribution in [3.05, 3.63) is 48.0 Å². The van der Waals surface area contributed by atoms with Crippen LogP contribution in [0.5, 0.6) is 0 Å². The molecular formula is C14H21NO. The number of hydrogen-bond donors (Lipinski definition) is 1. The highest BCUT2D eigenvalue weighted by Crippen LogP contribution is 2.06. The monoisotopic (exact) mass is 219 g/mol. The van der Waals surface area contributed by atoms with E-state index in [9.17, 15) is 0 Å². The van der Waals surface area contributed by atoms with Gasteiger partial charge in [-0.05, 0) is 30.6 Å². The van der Waals surface area contributed by atoms with Gasteiger partial charge in [0.1, 0.15) is 0 Å². The van der Waals surface area contributed by atoms with Gasteiger partial charge >= 0.3 is 0 Å². The van der Waals surface area contributed by atoms with Crippen LogP contribution in [-0.2, 0) is 17.8 Å². The van der Waals surface area contributed by atoms with Crippen molar-refractivity contribution >= 4 is 0 Å². The zero-order chi connectivity index (χ0) is 11.6. The number of benzene rings is 1. The third-order valence-corrected chi connectivity index (χ3v) is 2.37. The molecule has 0 fully saturated rings. The molecule has 0 unspecified atom stereocenters. The summed E-state index contributed by atoms with van der Waals surface area (Å²) in [5.74, 6) is 0. The summed E-state index contributed by atoms with van der Waals surface area (Å²) >= 11 is 0. The number of nitrogens with one attached hydrogen (secondary N) is 1. The summed E-state index contributed by atoms with van der Waals surface area (Å²) in [5, 5.41) is 3.32. The lowest BCUT2D eigenvalue weighted by Gasteiger charge is -2.05. The Morgan fingerprint density at radius 2 is 1.94 bits per heavy atom. The molecule has 1 aromatic carbocycles. The van der Waals surface area contributed by atoms with Crippen LogP contribution in [0.25, 0.3) is 0 Å². The second-order valence-electron chi connectivity index (χ2n) is 3.72. The molecular weight excluding hydrogens is 198 g/mol. The third-order valence-electron chi connectivity index (χ3n) is 2.37. The lowest BCUT2D eigenvalue weighted by Crippen LogP contribution is -2.15. The Balaban J connectivity index is 2.32. The average molecular weight is 219 g/mol. The van der Waals surface area contributed by atoms with Crippen LogP contribution in [-0.4, -0.2) is 19.7 Å². The van der Waals surface area contributed by atoms with E-state index in [0.29, 0.717) is 13.2 Å². The fourth-order valence-electron chi connectivity index (χ4n) is 1.47. The average Bonchev–Trinajstić information content (AvgIpc) is 2.32. The zero-order valence-corrected chi connectivity index (χ0v) is 10.0. The van der Waals surface area contributed by atoms with Crippen molar-refractivity contribution in [2.45, 2.75) is 20.0 Å². The van der Waals surface area contributed by atoms with Gasteiger partial charge in [-0.25, -0.2) is 0 Å². The molecule has 0 aliphatic rings. The molecule has 1 rings (SSSR count). The van der Waals surface area contributed by atoms with Crippen molar-refractivity contribution in [2.24, 2.45) is 0 Å².